The van der Waals surface area contributed by atoms with E-state index in [0.717, 1.165) is 10.0 Å². The van der Waals surface area contributed by atoms with Gasteiger partial charge in [-0.25, -0.2) is 0 Å². The third-order valence-corrected chi connectivity index (χ3v) is 3.55. The molecular weight excluding hydrogens is 360 g/mol. The third-order valence-electron chi connectivity index (χ3n) is 3.06. The molecule has 0 aliphatic heterocycles. The number of carbonyl (C=O) groups is 2. The van der Waals surface area contributed by atoms with Crippen LogP contribution < -0.4 is 15.4 Å². The lowest BCUT2D eigenvalue weighted by Crippen LogP contribution is -2.21. The molecule has 2 aromatic rings. The molecule has 0 bridgehead atoms. The van der Waals surface area contributed by atoms with Crippen LogP contribution in [0.1, 0.15) is 12.0 Å². The number of carbonyl (C=O) groups excluding carboxylic acids is 2. The van der Waals surface area contributed by atoms with Gasteiger partial charge in [-0.15, -0.1) is 0 Å². The van der Waals surface area contributed by atoms with Gasteiger partial charge in [0.15, 0.2) is 0 Å². The summed E-state index contributed by atoms with van der Waals surface area (Å²) < 4.78 is 6.05. The Morgan fingerprint density at radius 3 is 2.52 bits per heavy atom. The predicted octanol–water partition coefficient (Wildman–Crippen LogP) is 3.73. The van der Waals surface area contributed by atoms with E-state index in [0.29, 0.717) is 17.1 Å². The van der Waals surface area contributed by atoms with E-state index in [1.54, 1.807) is 30.3 Å². The highest BCUT2D eigenvalue weighted by Crippen LogP contribution is 2.25. The second-order valence-electron chi connectivity index (χ2n) is 4.99. The number of hydrogen-bond donors (Lipinski definition) is 2. The molecular formula is C17H17BrN2O3. The van der Waals surface area contributed by atoms with Crippen LogP contribution in [0.5, 0.6) is 5.75 Å². The van der Waals surface area contributed by atoms with Crippen molar-refractivity contribution in [3.63, 3.8) is 0 Å². The average molecular weight is 377 g/mol. The number of halogens is 1. The molecule has 6 heteroatoms. The summed E-state index contributed by atoms with van der Waals surface area (Å²) in [5.74, 6) is -0.232. The molecule has 0 saturated carbocycles. The lowest BCUT2D eigenvalue weighted by Gasteiger charge is -2.11. The first kappa shape index (κ1) is 17.0. The fourth-order valence-corrected chi connectivity index (χ4v) is 2.43. The second-order valence-corrected chi connectivity index (χ2v) is 5.90. The molecule has 0 saturated heterocycles. The van der Waals surface area contributed by atoms with Gasteiger partial charge in [0.2, 0.25) is 11.8 Å². The zero-order chi connectivity index (χ0) is 16.8. The fraction of sp³-hybridized carbons (Fsp3) is 0.176. The highest BCUT2D eigenvalue weighted by atomic mass is 79.9. The Hall–Kier alpha value is -2.34. The number of aryl methyl sites for hydroxylation is 1. The molecule has 23 heavy (non-hydrogen) atoms. The molecule has 0 fully saturated rings. The molecule has 0 radical (unpaired) electrons. The Morgan fingerprint density at radius 2 is 1.83 bits per heavy atom. The molecule has 2 rings (SSSR count). The molecule has 0 aliphatic carbocycles. The molecule has 5 nitrogen and oxygen atoms in total. The van der Waals surface area contributed by atoms with Gasteiger partial charge >= 0.3 is 0 Å². The minimum absolute atomic E-state index is 0.274. The van der Waals surface area contributed by atoms with Gasteiger partial charge in [-0.3, -0.25) is 9.59 Å². The van der Waals surface area contributed by atoms with Crippen LogP contribution in [0.2, 0.25) is 0 Å². The number of hydrogen-bond acceptors (Lipinski definition) is 3. The number of ether oxygens (including phenoxy) is 1. The quantitative estimate of drug-likeness (QED) is 0.781. The van der Waals surface area contributed by atoms with Gasteiger partial charge in [-0.1, -0.05) is 28.1 Å². The van der Waals surface area contributed by atoms with E-state index in [9.17, 15) is 9.59 Å². The zero-order valence-corrected chi connectivity index (χ0v) is 14.4. The number of methoxy groups -OCH3 is 1. The molecule has 2 N–H and O–H groups in total. The van der Waals surface area contributed by atoms with Crippen molar-refractivity contribution in [3.05, 3.63) is 52.5 Å². The number of benzene rings is 2. The first-order valence-electron chi connectivity index (χ1n) is 6.98. The van der Waals surface area contributed by atoms with Crippen LogP contribution in [0.25, 0.3) is 0 Å². The van der Waals surface area contributed by atoms with Crippen molar-refractivity contribution in [3.8, 4) is 5.75 Å². The monoisotopic (exact) mass is 376 g/mol. The molecule has 2 amide bonds. The van der Waals surface area contributed by atoms with Gasteiger partial charge in [0.05, 0.1) is 12.8 Å². The smallest absolute Gasteiger partial charge is 0.233 e. The average Bonchev–Trinajstić information content (AvgIpc) is 2.47. The Kier molecular flexibility index (Phi) is 5.76. The Balaban J connectivity index is 1.97. The van der Waals surface area contributed by atoms with Gasteiger partial charge in [0.25, 0.3) is 0 Å². The minimum atomic E-state index is -0.401. The van der Waals surface area contributed by atoms with E-state index in [1.165, 1.54) is 7.11 Å². The largest absolute Gasteiger partial charge is 0.495 e. The van der Waals surface area contributed by atoms with E-state index < -0.39 is 5.91 Å². The van der Waals surface area contributed by atoms with Crippen LogP contribution >= 0.6 is 15.9 Å². The van der Waals surface area contributed by atoms with Crippen molar-refractivity contribution in [1.29, 1.82) is 0 Å². The van der Waals surface area contributed by atoms with Gasteiger partial charge < -0.3 is 15.4 Å². The molecule has 0 spiro atoms. The number of amides is 2. The van der Waals surface area contributed by atoms with Crippen LogP contribution in [0.4, 0.5) is 11.4 Å². The molecule has 2 aromatic carbocycles. The number of rotatable bonds is 5. The third kappa shape index (κ3) is 5.10. The maximum absolute atomic E-state index is 12.0. The van der Waals surface area contributed by atoms with Crippen LogP contribution in [0.15, 0.2) is 46.9 Å². The SMILES string of the molecule is COc1ccc(C)cc1NC(=O)CC(=O)Nc1cccc(Br)c1. The Bertz CT molecular complexity index is 732. The summed E-state index contributed by atoms with van der Waals surface area (Å²) in [7, 11) is 1.53. The van der Waals surface area contributed by atoms with Crippen molar-refractivity contribution in [1.82, 2.24) is 0 Å². The van der Waals surface area contributed by atoms with Crippen LogP contribution in [-0.4, -0.2) is 18.9 Å². The fourth-order valence-electron chi connectivity index (χ4n) is 2.03. The van der Waals surface area contributed by atoms with Crippen molar-refractivity contribution in [2.75, 3.05) is 17.7 Å². The number of anilines is 2. The lowest BCUT2D eigenvalue weighted by molar-refractivity contribution is -0.123. The van der Waals surface area contributed by atoms with Crippen molar-refractivity contribution < 1.29 is 14.3 Å². The summed E-state index contributed by atoms with van der Waals surface area (Å²) in [6, 6.07) is 12.6. The standard InChI is InChI=1S/C17H17BrN2O3/c1-11-6-7-15(23-2)14(8-11)20-17(22)10-16(21)19-13-5-3-4-12(18)9-13/h3-9H,10H2,1-2H3,(H,19,21)(H,20,22). The van der Waals surface area contributed by atoms with Gasteiger partial charge in [0.1, 0.15) is 12.2 Å². The van der Waals surface area contributed by atoms with Gasteiger partial charge in [-0.2, -0.15) is 0 Å². The maximum atomic E-state index is 12.0. The summed E-state index contributed by atoms with van der Waals surface area (Å²) >= 11 is 3.33. The van der Waals surface area contributed by atoms with E-state index in [2.05, 4.69) is 26.6 Å². The van der Waals surface area contributed by atoms with Gasteiger partial charge in [-0.05, 0) is 42.8 Å². The normalized spacial score (nSPS) is 10.0. The minimum Gasteiger partial charge on any atom is -0.495 e. The van der Waals surface area contributed by atoms with E-state index >= 15 is 0 Å². The summed E-state index contributed by atoms with van der Waals surface area (Å²) in [5, 5.41) is 5.37. The molecule has 0 aromatic heterocycles. The van der Waals surface area contributed by atoms with E-state index in [1.807, 2.05) is 19.1 Å². The predicted molar refractivity (Wildman–Crippen MR) is 93.7 cm³/mol. The Labute approximate surface area is 143 Å². The molecule has 0 unspecified atom stereocenters. The second kappa shape index (κ2) is 7.78. The topological polar surface area (TPSA) is 67.4 Å². The van der Waals surface area contributed by atoms with Crippen LogP contribution in [0.3, 0.4) is 0 Å². The first-order chi connectivity index (χ1) is 11.0. The zero-order valence-electron chi connectivity index (χ0n) is 12.9. The number of nitrogens with one attached hydrogen (secondary N) is 2. The summed E-state index contributed by atoms with van der Waals surface area (Å²) in [5.41, 5.74) is 2.16. The summed E-state index contributed by atoms with van der Waals surface area (Å²) in [4.78, 5) is 23.9. The van der Waals surface area contributed by atoms with Crippen molar-refractivity contribution in [2.45, 2.75) is 13.3 Å². The molecule has 120 valence electrons. The maximum Gasteiger partial charge on any atom is 0.233 e. The summed E-state index contributed by atoms with van der Waals surface area (Å²) in [6.07, 6.45) is -0.274. The lowest BCUT2D eigenvalue weighted by atomic mass is 10.2. The summed E-state index contributed by atoms with van der Waals surface area (Å²) in [6.45, 7) is 1.91. The van der Waals surface area contributed by atoms with Crippen molar-refractivity contribution >= 4 is 39.1 Å². The molecule has 0 aliphatic rings. The van der Waals surface area contributed by atoms with Gasteiger partial charge in [0, 0.05) is 10.2 Å². The highest BCUT2D eigenvalue weighted by molar-refractivity contribution is 9.10. The molecule has 0 heterocycles. The van der Waals surface area contributed by atoms with Crippen LogP contribution in [-0.2, 0) is 9.59 Å². The highest BCUT2D eigenvalue weighted by Gasteiger charge is 2.12. The first-order valence-corrected chi connectivity index (χ1v) is 7.77. The van der Waals surface area contributed by atoms with Crippen LogP contribution in [0, 0.1) is 6.92 Å². The van der Waals surface area contributed by atoms with E-state index in [4.69, 9.17) is 4.74 Å². The van der Waals surface area contributed by atoms with E-state index in [-0.39, 0.29) is 12.3 Å². The Morgan fingerprint density at radius 1 is 1.09 bits per heavy atom. The molecule has 0 atom stereocenters. The van der Waals surface area contributed by atoms with Crippen molar-refractivity contribution in [2.24, 2.45) is 0 Å².